The summed E-state index contributed by atoms with van der Waals surface area (Å²) in [4.78, 5) is 30.4. The van der Waals surface area contributed by atoms with Crippen molar-refractivity contribution in [3.8, 4) is 5.75 Å². The molecule has 1 saturated heterocycles. The molecule has 0 aliphatic carbocycles. The molecule has 24 heavy (non-hydrogen) atoms. The number of hydrogen-bond donors (Lipinski definition) is 1. The molecule has 0 spiro atoms. The molecule has 0 saturated carbocycles. The van der Waals surface area contributed by atoms with E-state index in [0.717, 1.165) is 13.1 Å². The number of primary amides is 1. The highest BCUT2D eigenvalue weighted by molar-refractivity contribution is 5.89. The van der Waals surface area contributed by atoms with Crippen LogP contribution in [-0.2, 0) is 9.59 Å². The molecule has 129 valence electrons. The Morgan fingerprint density at radius 1 is 1.33 bits per heavy atom. The normalized spacial score (nSPS) is 21.6. The fourth-order valence-corrected chi connectivity index (χ4v) is 3.15. The molecule has 1 fully saturated rings. The number of nitrogens with two attached hydrogens (primary N) is 1. The van der Waals surface area contributed by atoms with Gasteiger partial charge in [0.1, 0.15) is 11.8 Å². The molecular weight excluding hydrogens is 308 g/mol. The van der Waals surface area contributed by atoms with Gasteiger partial charge in [-0.05, 0) is 25.2 Å². The second-order valence-electron chi connectivity index (χ2n) is 6.26. The zero-order chi connectivity index (χ0) is 17.1. The molecule has 2 N–H and O–H groups in total. The first-order valence-electron chi connectivity index (χ1n) is 8.21. The van der Waals surface area contributed by atoms with Crippen molar-refractivity contribution >= 4 is 17.5 Å². The highest BCUT2D eigenvalue weighted by Gasteiger charge is 2.32. The fraction of sp³-hybridized carbons (Fsp3) is 0.529. The first kappa shape index (κ1) is 16.6. The van der Waals surface area contributed by atoms with Gasteiger partial charge in [0.25, 0.3) is 0 Å². The predicted octanol–water partition coefficient (Wildman–Crippen LogP) is -0.296. The molecule has 2 aliphatic heterocycles. The number of fused-ring (bicyclic) bond motifs is 1. The minimum absolute atomic E-state index is 0.00560. The van der Waals surface area contributed by atoms with Gasteiger partial charge in [-0.1, -0.05) is 6.07 Å². The standard InChI is InChI=1S/C17H23N4O3/c1-19-7-9-20(10-8-19)16(22)12-21-13-4-2-3-5-15(13)24-11-6-14(21)17(18)23/h3-5,14H,6-12H2,1H3,(H2,18,23). The fourth-order valence-electron chi connectivity index (χ4n) is 3.15. The second-order valence-corrected chi connectivity index (χ2v) is 6.26. The van der Waals surface area contributed by atoms with Crippen LogP contribution in [0.4, 0.5) is 5.69 Å². The number of rotatable bonds is 3. The molecule has 1 aromatic rings. The van der Waals surface area contributed by atoms with Gasteiger partial charge in [-0.2, -0.15) is 0 Å². The number of nitrogens with zero attached hydrogens (tertiary/aromatic N) is 3. The highest BCUT2D eigenvalue weighted by atomic mass is 16.5. The van der Waals surface area contributed by atoms with Gasteiger partial charge in [-0.25, -0.2) is 0 Å². The van der Waals surface area contributed by atoms with Gasteiger partial charge in [0.05, 0.1) is 18.8 Å². The number of benzene rings is 1. The third-order valence-electron chi connectivity index (χ3n) is 4.63. The average Bonchev–Trinajstić information content (AvgIpc) is 2.75. The zero-order valence-electron chi connectivity index (χ0n) is 13.9. The maximum atomic E-state index is 12.7. The molecular formula is C17H23N4O3. The van der Waals surface area contributed by atoms with Crippen molar-refractivity contribution in [3.05, 3.63) is 24.3 Å². The SMILES string of the molecule is CN1CCN(C(=O)CN2c3c[c]ccc3OCCC2C(N)=O)CC1. The van der Waals surface area contributed by atoms with Crippen molar-refractivity contribution in [2.45, 2.75) is 12.5 Å². The molecule has 1 atom stereocenters. The van der Waals surface area contributed by atoms with Crippen molar-refractivity contribution < 1.29 is 14.3 Å². The van der Waals surface area contributed by atoms with Gasteiger partial charge >= 0.3 is 0 Å². The van der Waals surface area contributed by atoms with Gasteiger partial charge in [0.15, 0.2) is 0 Å². The van der Waals surface area contributed by atoms with Gasteiger partial charge in [0, 0.05) is 32.6 Å². The average molecular weight is 331 g/mol. The lowest BCUT2D eigenvalue weighted by molar-refractivity contribution is -0.131. The van der Waals surface area contributed by atoms with Crippen LogP contribution in [0.2, 0.25) is 0 Å². The van der Waals surface area contributed by atoms with E-state index in [-0.39, 0.29) is 12.5 Å². The van der Waals surface area contributed by atoms with Crippen LogP contribution in [0.5, 0.6) is 5.75 Å². The number of carbonyl (C=O) groups excluding carboxylic acids is 2. The summed E-state index contributed by atoms with van der Waals surface area (Å²) in [5.41, 5.74) is 6.27. The van der Waals surface area contributed by atoms with Crippen molar-refractivity contribution in [1.29, 1.82) is 0 Å². The molecule has 1 aromatic carbocycles. The number of likely N-dealkylation sites (N-methyl/N-ethyl adjacent to an activating group) is 1. The summed E-state index contributed by atoms with van der Waals surface area (Å²) in [7, 11) is 2.04. The Bertz CT molecular complexity index is 614. The van der Waals surface area contributed by atoms with Crippen LogP contribution in [-0.4, -0.2) is 74.0 Å². The molecule has 2 heterocycles. The third-order valence-corrected chi connectivity index (χ3v) is 4.63. The van der Waals surface area contributed by atoms with Crippen LogP contribution in [0.1, 0.15) is 6.42 Å². The Hall–Kier alpha value is -2.28. The van der Waals surface area contributed by atoms with E-state index in [2.05, 4.69) is 11.0 Å². The van der Waals surface area contributed by atoms with E-state index in [4.69, 9.17) is 10.5 Å². The van der Waals surface area contributed by atoms with E-state index in [1.807, 2.05) is 11.9 Å². The zero-order valence-corrected chi connectivity index (χ0v) is 13.9. The van der Waals surface area contributed by atoms with Gasteiger partial charge in [-0.15, -0.1) is 0 Å². The summed E-state index contributed by atoms with van der Waals surface area (Å²) >= 11 is 0. The molecule has 2 aliphatic rings. The van der Waals surface area contributed by atoms with Gasteiger partial charge < -0.3 is 25.2 Å². The summed E-state index contributed by atoms with van der Waals surface area (Å²) in [5, 5.41) is 0. The van der Waals surface area contributed by atoms with Crippen molar-refractivity contribution in [2.24, 2.45) is 5.73 Å². The number of hydrogen-bond acceptors (Lipinski definition) is 5. The third kappa shape index (κ3) is 3.46. The molecule has 1 unspecified atom stereocenters. The molecule has 3 rings (SSSR count). The Labute approximate surface area is 141 Å². The second kappa shape index (κ2) is 7.09. The van der Waals surface area contributed by atoms with Crippen LogP contribution in [0, 0.1) is 6.07 Å². The minimum atomic E-state index is -0.557. The van der Waals surface area contributed by atoms with Crippen LogP contribution in [0.25, 0.3) is 0 Å². The van der Waals surface area contributed by atoms with E-state index < -0.39 is 11.9 Å². The first-order valence-corrected chi connectivity index (χ1v) is 8.21. The van der Waals surface area contributed by atoms with E-state index in [9.17, 15) is 9.59 Å². The number of carbonyl (C=O) groups is 2. The van der Waals surface area contributed by atoms with Gasteiger partial charge in [0.2, 0.25) is 11.8 Å². The van der Waals surface area contributed by atoms with Crippen LogP contribution < -0.4 is 15.4 Å². The molecule has 7 nitrogen and oxygen atoms in total. The van der Waals surface area contributed by atoms with E-state index in [0.29, 0.717) is 37.6 Å². The molecule has 7 heteroatoms. The van der Waals surface area contributed by atoms with Crippen LogP contribution in [0.15, 0.2) is 18.2 Å². The molecule has 0 bridgehead atoms. The largest absolute Gasteiger partial charge is 0.491 e. The molecule has 2 amide bonds. The van der Waals surface area contributed by atoms with Crippen molar-refractivity contribution in [1.82, 2.24) is 9.80 Å². The maximum Gasteiger partial charge on any atom is 0.242 e. The molecule has 1 radical (unpaired) electrons. The number of amides is 2. The number of ether oxygens (including phenoxy) is 1. The van der Waals surface area contributed by atoms with Crippen molar-refractivity contribution in [2.75, 3.05) is 51.3 Å². The Kier molecular flexibility index (Phi) is 4.89. The highest BCUT2D eigenvalue weighted by Crippen LogP contribution is 2.32. The van der Waals surface area contributed by atoms with Crippen molar-refractivity contribution in [3.63, 3.8) is 0 Å². The predicted molar refractivity (Wildman–Crippen MR) is 89.8 cm³/mol. The van der Waals surface area contributed by atoms with E-state index >= 15 is 0 Å². The van der Waals surface area contributed by atoms with Crippen LogP contribution in [0.3, 0.4) is 0 Å². The summed E-state index contributed by atoms with van der Waals surface area (Å²) in [5.74, 6) is 0.219. The summed E-state index contributed by atoms with van der Waals surface area (Å²) in [6.07, 6.45) is 0.458. The summed E-state index contributed by atoms with van der Waals surface area (Å²) < 4.78 is 5.70. The Balaban J connectivity index is 1.81. The number of anilines is 1. The van der Waals surface area contributed by atoms with Crippen LogP contribution >= 0.6 is 0 Å². The summed E-state index contributed by atoms with van der Waals surface area (Å²) in [6.45, 7) is 3.63. The number of piperazine rings is 1. The maximum absolute atomic E-state index is 12.7. The smallest absolute Gasteiger partial charge is 0.242 e. The van der Waals surface area contributed by atoms with Gasteiger partial charge in [-0.3, -0.25) is 9.59 Å². The Morgan fingerprint density at radius 2 is 2.08 bits per heavy atom. The summed E-state index contributed by atoms with van der Waals surface area (Å²) in [6, 6.07) is 7.73. The topological polar surface area (TPSA) is 79.1 Å². The minimum Gasteiger partial charge on any atom is -0.491 e. The molecule has 0 aromatic heterocycles. The lowest BCUT2D eigenvalue weighted by Crippen LogP contribution is -2.53. The first-order chi connectivity index (χ1) is 11.6. The van der Waals surface area contributed by atoms with E-state index in [1.54, 1.807) is 23.1 Å². The monoisotopic (exact) mass is 331 g/mol. The lowest BCUT2D eigenvalue weighted by atomic mass is 10.1. The quantitative estimate of drug-likeness (QED) is 0.823. The Morgan fingerprint density at radius 3 is 2.79 bits per heavy atom. The lowest BCUT2D eigenvalue weighted by Gasteiger charge is -2.35. The van der Waals surface area contributed by atoms with E-state index in [1.165, 1.54) is 0 Å².